The number of hydrogen-bond donors (Lipinski definition) is 1. The van der Waals surface area contributed by atoms with E-state index < -0.39 is 27.7 Å². The molecular weight excluding hydrogens is 495 g/mol. The van der Waals surface area contributed by atoms with Crippen LogP contribution in [0.3, 0.4) is 0 Å². The summed E-state index contributed by atoms with van der Waals surface area (Å²) >= 11 is 6.06. The van der Waals surface area contributed by atoms with E-state index in [0.29, 0.717) is 17.7 Å². The molecule has 2 aromatic rings. The summed E-state index contributed by atoms with van der Waals surface area (Å²) in [5.41, 5.74) is -0.140. The molecule has 0 atom stereocenters. The van der Waals surface area contributed by atoms with Crippen molar-refractivity contribution in [3.8, 4) is 5.88 Å². The van der Waals surface area contributed by atoms with Crippen molar-refractivity contribution in [3.63, 3.8) is 0 Å². The van der Waals surface area contributed by atoms with Crippen LogP contribution in [0.2, 0.25) is 5.02 Å². The van der Waals surface area contributed by atoms with Gasteiger partial charge >= 0.3 is 6.18 Å². The molecule has 0 spiro atoms. The third-order valence-corrected chi connectivity index (χ3v) is 6.21. The first-order chi connectivity index (χ1) is 15.8. The van der Waals surface area contributed by atoms with Crippen LogP contribution in [0.4, 0.5) is 13.2 Å². The van der Waals surface area contributed by atoms with Gasteiger partial charge in [0.25, 0.3) is 5.91 Å². The number of hydrogen-bond acceptors (Lipinski definition) is 5. The molecule has 7 nitrogen and oxygen atoms in total. The number of nitrogens with one attached hydrogen (secondary N) is 1. The summed E-state index contributed by atoms with van der Waals surface area (Å²) in [7, 11) is -3.76. The maximum atomic E-state index is 12.9. The lowest BCUT2D eigenvalue weighted by molar-refractivity contribution is -0.137. The van der Waals surface area contributed by atoms with Crippen LogP contribution >= 0.6 is 11.6 Å². The van der Waals surface area contributed by atoms with Crippen molar-refractivity contribution in [1.29, 1.82) is 0 Å². The molecule has 0 aliphatic rings. The molecule has 0 aliphatic heterocycles. The molecule has 1 aromatic carbocycles. The van der Waals surface area contributed by atoms with Gasteiger partial charge in [0.2, 0.25) is 15.9 Å². The highest BCUT2D eigenvalue weighted by atomic mass is 35.5. The first-order valence-corrected chi connectivity index (χ1v) is 12.7. The number of carbonyl (C=O) groups is 1. The number of amides is 1. The zero-order chi connectivity index (χ0) is 25.5. The second kappa shape index (κ2) is 11.7. The average molecular weight is 522 g/mol. The van der Waals surface area contributed by atoms with Crippen LogP contribution in [0, 0.1) is 0 Å². The summed E-state index contributed by atoms with van der Waals surface area (Å²) in [5, 5.41) is 4.18. The summed E-state index contributed by atoms with van der Waals surface area (Å²) in [6.45, 7) is 5.51. The van der Waals surface area contributed by atoms with Gasteiger partial charge in [-0.2, -0.15) is 13.2 Å². The molecule has 1 aromatic heterocycles. The first kappa shape index (κ1) is 27.7. The fourth-order valence-corrected chi connectivity index (χ4v) is 4.22. The zero-order valence-corrected chi connectivity index (χ0v) is 20.6. The summed E-state index contributed by atoms with van der Waals surface area (Å²) in [6.07, 6.45) is -0.324. The van der Waals surface area contributed by atoms with Crippen molar-refractivity contribution in [2.75, 3.05) is 5.75 Å². The fraction of sp³-hybridized carbons (Fsp3) is 0.455. The molecule has 1 amide bonds. The predicted molar refractivity (Wildman–Crippen MR) is 124 cm³/mol. The van der Waals surface area contributed by atoms with E-state index in [1.54, 1.807) is 13.8 Å². The molecule has 2 rings (SSSR count). The smallest absolute Gasteiger partial charge is 0.416 e. The summed E-state index contributed by atoms with van der Waals surface area (Å²) < 4.78 is 71.7. The van der Waals surface area contributed by atoms with Crippen molar-refractivity contribution < 1.29 is 31.1 Å². The van der Waals surface area contributed by atoms with Crippen LogP contribution in [0.15, 0.2) is 30.3 Å². The van der Waals surface area contributed by atoms with Crippen LogP contribution in [0.25, 0.3) is 6.08 Å². The van der Waals surface area contributed by atoms with Crippen LogP contribution in [0.1, 0.15) is 56.9 Å². The average Bonchev–Trinajstić information content (AvgIpc) is 3.07. The molecule has 0 saturated heterocycles. The predicted octanol–water partition coefficient (Wildman–Crippen LogP) is 5.04. The number of carbonyl (C=O) groups excluding carboxylic acids is 1. The molecule has 0 bridgehead atoms. The van der Waals surface area contributed by atoms with E-state index in [1.165, 1.54) is 22.9 Å². The summed E-state index contributed by atoms with van der Waals surface area (Å²) in [5.74, 6) is -0.759. The number of aromatic nitrogens is 2. The van der Waals surface area contributed by atoms with Gasteiger partial charge in [-0.1, -0.05) is 37.4 Å². The third kappa shape index (κ3) is 8.68. The highest BCUT2D eigenvalue weighted by Crippen LogP contribution is 2.32. The van der Waals surface area contributed by atoms with Crippen molar-refractivity contribution in [3.05, 3.63) is 52.2 Å². The van der Waals surface area contributed by atoms with Crippen molar-refractivity contribution in [1.82, 2.24) is 14.5 Å². The Kier molecular flexibility index (Phi) is 9.57. The lowest BCUT2D eigenvalue weighted by Gasteiger charge is -2.11. The number of alkyl halides is 3. The van der Waals surface area contributed by atoms with E-state index in [0.717, 1.165) is 31.1 Å². The van der Waals surface area contributed by atoms with Gasteiger partial charge in [0.15, 0.2) is 0 Å². The van der Waals surface area contributed by atoms with Crippen molar-refractivity contribution in [2.24, 2.45) is 0 Å². The Hall–Kier alpha value is -2.53. The van der Waals surface area contributed by atoms with Crippen molar-refractivity contribution in [2.45, 2.75) is 58.9 Å². The Bertz CT molecular complexity index is 1130. The largest absolute Gasteiger partial charge is 0.474 e. The Balaban J connectivity index is 2.24. The molecule has 0 unspecified atom stereocenters. The molecule has 188 valence electrons. The highest BCUT2D eigenvalue weighted by molar-refractivity contribution is 7.90. The van der Waals surface area contributed by atoms with E-state index in [4.69, 9.17) is 16.3 Å². The van der Waals surface area contributed by atoms with Gasteiger partial charge < -0.3 is 4.74 Å². The maximum Gasteiger partial charge on any atom is 0.416 e. The zero-order valence-electron chi connectivity index (χ0n) is 19.0. The van der Waals surface area contributed by atoms with E-state index in [2.05, 4.69) is 5.10 Å². The van der Waals surface area contributed by atoms with E-state index in [1.807, 2.05) is 11.6 Å². The van der Waals surface area contributed by atoms with Gasteiger partial charge in [-0.25, -0.2) is 13.1 Å². The number of halogens is 4. The topological polar surface area (TPSA) is 90.3 Å². The lowest BCUT2D eigenvalue weighted by atomic mass is 10.1. The molecule has 0 fully saturated rings. The minimum Gasteiger partial charge on any atom is -0.474 e. The quantitative estimate of drug-likeness (QED) is 0.330. The fourth-order valence-electron chi connectivity index (χ4n) is 2.92. The Morgan fingerprint density at radius 1 is 1.26 bits per heavy atom. The van der Waals surface area contributed by atoms with Crippen LogP contribution < -0.4 is 9.46 Å². The van der Waals surface area contributed by atoms with Crippen LogP contribution in [-0.4, -0.2) is 36.0 Å². The van der Waals surface area contributed by atoms with Gasteiger partial charge in [-0.3, -0.25) is 9.48 Å². The van der Waals surface area contributed by atoms with Crippen molar-refractivity contribution >= 4 is 33.6 Å². The van der Waals surface area contributed by atoms with Gasteiger partial charge in [0.1, 0.15) is 0 Å². The van der Waals surface area contributed by atoms with Gasteiger partial charge in [0.05, 0.1) is 29.7 Å². The second-order valence-corrected chi connectivity index (χ2v) is 10.1. The number of nitrogens with zero attached hydrogens (tertiary/aromatic N) is 2. The van der Waals surface area contributed by atoms with Gasteiger partial charge in [-0.05, 0) is 44.0 Å². The number of unbranched alkanes of at least 4 members (excludes halogenated alkanes) is 2. The minimum atomic E-state index is -4.52. The monoisotopic (exact) mass is 521 g/mol. The molecular formula is C22H27ClF3N3O4S. The molecule has 34 heavy (non-hydrogen) atoms. The number of ether oxygens (including phenoxy) is 1. The van der Waals surface area contributed by atoms with Gasteiger partial charge in [-0.15, -0.1) is 5.10 Å². The van der Waals surface area contributed by atoms with Gasteiger partial charge in [0, 0.05) is 17.2 Å². The summed E-state index contributed by atoms with van der Waals surface area (Å²) in [6, 6.07) is 4.53. The molecule has 0 aliphatic carbocycles. The second-order valence-electron chi connectivity index (χ2n) is 7.86. The SMILES string of the molecule is CCCCCS(=O)(=O)NC(=O)/C=C/c1cc(OC(C)C)nn1Cc1ccc(C(F)(F)F)cc1Cl. The summed E-state index contributed by atoms with van der Waals surface area (Å²) in [4.78, 5) is 12.1. The Morgan fingerprint density at radius 2 is 1.97 bits per heavy atom. The Morgan fingerprint density at radius 3 is 2.56 bits per heavy atom. The normalized spacial score (nSPS) is 12.5. The molecule has 0 radical (unpaired) electrons. The molecule has 1 N–H and O–H groups in total. The van der Waals surface area contributed by atoms with E-state index >= 15 is 0 Å². The van der Waals surface area contributed by atoms with Crippen LogP contribution in [0.5, 0.6) is 5.88 Å². The Labute approximate surface area is 202 Å². The molecule has 1 heterocycles. The highest BCUT2D eigenvalue weighted by Gasteiger charge is 2.31. The maximum absolute atomic E-state index is 12.9. The van der Waals surface area contributed by atoms with E-state index in [9.17, 15) is 26.4 Å². The number of rotatable bonds is 11. The number of benzene rings is 1. The van der Waals surface area contributed by atoms with Crippen LogP contribution in [-0.2, 0) is 27.5 Å². The number of sulfonamides is 1. The third-order valence-electron chi connectivity index (χ3n) is 4.52. The van der Waals surface area contributed by atoms with E-state index in [-0.39, 0.29) is 29.3 Å². The minimum absolute atomic E-state index is 0.00493. The first-order valence-electron chi connectivity index (χ1n) is 10.6. The molecule has 0 saturated carbocycles. The lowest BCUT2D eigenvalue weighted by Crippen LogP contribution is -2.31. The molecule has 12 heteroatoms. The standard InChI is InChI=1S/C22H27ClF3N3O4S/c1-4-5-6-11-34(31,32)28-20(30)10-9-18-13-21(33-15(2)3)27-29(18)14-16-7-8-17(12-19(16)23)22(24,25)26/h7-10,12-13,15H,4-6,11,14H2,1-3H3,(H,28,30)/b10-9+.